The van der Waals surface area contributed by atoms with Crippen molar-refractivity contribution < 1.29 is 17.9 Å². The van der Waals surface area contributed by atoms with Crippen LogP contribution in [0, 0.1) is 0 Å². The molecular weight excluding hydrogens is 493 g/mol. The zero-order valence-corrected chi connectivity index (χ0v) is 21.2. The highest BCUT2D eigenvalue weighted by Gasteiger charge is 2.31. The first-order chi connectivity index (χ1) is 18.4. The molecule has 10 heteroatoms. The van der Waals surface area contributed by atoms with Gasteiger partial charge in [-0.25, -0.2) is 15.0 Å². The molecule has 1 aliphatic carbocycles. The Bertz CT molecular complexity index is 1400. The smallest absolute Gasteiger partial charge is 0.416 e. The fourth-order valence-corrected chi connectivity index (χ4v) is 5.62. The van der Waals surface area contributed by atoms with Gasteiger partial charge < -0.3 is 19.1 Å². The summed E-state index contributed by atoms with van der Waals surface area (Å²) >= 11 is 0. The number of ether oxygens (including phenoxy) is 1. The van der Waals surface area contributed by atoms with Crippen LogP contribution in [0.25, 0.3) is 22.6 Å². The number of rotatable bonds is 5. The predicted molar refractivity (Wildman–Crippen MR) is 141 cm³/mol. The van der Waals surface area contributed by atoms with Crippen molar-refractivity contribution in [2.24, 2.45) is 0 Å². The first kappa shape index (κ1) is 24.5. The molecule has 1 aliphatic heterocycles. The summed E-state index contributed by atoms with van der Waals surface area (Å²) in [6, 6.07) is 13.7. The number of imidazole rings is 1. The summed E-state index contributed by atoms with van der Waals surface area (Å²) in [5.41, 5.74) is 2.80. The summed E-state index contributed by atoms with van der Waals surface area (Å²) in [5.74, 6) is 2.48. The molecule has 1 saturated carbocycles. The highest BCUT2D eigenvalue weighted by molar-refractivity contribution is 5.87. The van der Waals surface area contributed by atoms with Gasteiger partial charge in [0, 0.05) is 43.5 Å². The van der Waals surface area contributed by atoms with Gasteiger partial charge in [0.15, 0.2) is 17.0 Å². The lowest BCUT2D eigenvalue weighted by atomic mass is 10.1. The van der Waals surface area contributed by atoms with E-state index in [1.165, 1.54) is 12.8 Å². The maximum atomic E-state index is 13.0. The third-order valence-corrected chi connectivity index (χ3v) is 7.63. The second-order valence-electron chi connectivity index (χ2n) is 9.86. The Kier molecular flexibility index (Phi) is 6.33. The molecule has 1 saturated heterocycles. The van der Waals surface area contributed by atoms with E-state index in [-0.39, 0.29) is 0 Å². The van der Waals surface area contributed by atoms with Gasteiger partial charge in [-0.15, -0.1) is 0 Å². The van der Waals surface area contributed by atoms with E-state index in [2.05, 4.69) is 24.3 Å². The summed E-state index contributed by atoms with van der Waals surface area (Å²) < 4.78 is 46.5. The standard InChI is InChI=1S/C28H29F3N6O/c1-38-23-12-6-19(7-13-23)25-34-24-26(32-18-33-27(24)37(25)22-4-2-3-5-22)36-16-14-35(15-17-36)21-10-8-20(9-11-21)28(29,30)31/h6-13,18,22H,2-5,14-17H2,1H3. The van der Waals surface area contributed by atoms with E-state index < -0.39 is 11.7 Å². The molecule has 4 aromatic rings. The van der Waals surface area contributed by atoms with E-state index in [0.29, 0.717) is 32.2 Å². The Hall–Kier alpha value is -3.82. The SMILES string of the molecule is COc1ccc(-c2nc3c(N4CCN(c5ccc(C(F)(F)F)cc5)CC4)ncnc3n2C2CCCC2)cc1. The van der Waals surface area contributed by atoms with Crippen molar-refractivity contribution in [3.63, 3.8) is 0 Å². The minimum absolute atomic E-state index is 0.344. The quantitative estimate of drug-likeness (QED) is 0.322. The Balaban J connectivity index is 1.29. The first-order valence-electron chi connectivity index (χ1n) is 13.0. The number of hydrogen-bond donors (Lipinski definition) is 0. The Morgan fingerprint density at radius 3 is 2.13 bits per heavy atom. The molecule has 0 N–H and O–H groups in total. The van der Waals surface area contributed by atoms with Crippen molar-refractivity contribution in [1.29, 1.82) is 0 Å². The molecule has 2 fully saturated rings. The molecule has 198 valence electrons. The number of piperazine rings is 1. The van der Waals surface area contributed by atoms with Crippen LogP contribution in [-0.2, 0) is 6.18 Å². The largest absolute Gasteiger partial charge is 0.497 e. The van der Waals surface area contributed by atoms with Gasteiger partial charge in [0.25, 0.3) is 0 Å². The molecule has 2 aromatic carbocycles. The first-order valence-corrected chi connectivity index (χ1v) is 13.0. The number of fused-ring (bicyclic) bond motifs is 1. The van der Waals surface area contributed by atoms with Crippen LogP contribution in [0.3, 0.4) is 0 Å². The van der Waals surface area contributed by atoms with Crippen molar-refractivity contribution in [3.8, 4) is 17.1 Å². The topological polar surface area (TPSA) is 59.3 Å². The van der Waals surface area contributed by atoms with E-state index in [1.54, 1.807) is 25.6 Å². The van der Waals surface area contributed by atoms with E-state index in [4.69, 9.17) is 9.72 Å². The third-order valence-electron chi connectivity index (χ3n) is 7.63. The molecule has 0 unspecified atom stereocenters. The van der Waals surface area contributed by atoms with Gasteiger partial charge in [-0.05, 0) is 61.4 Å². The van der Waals surface area contributed by atoms with Crippen molar-refractivity contribution in [3.05, 3.63) is 60.4 Å². The number of aromatic nitrogens is 4. The zero-order chi connectivity index (χ0) is 26.3. The number of halogens is 3. The molecule has 2 aromatic heterocycles. The van der Waals surface area contributed by atoms with Gasteiger partial charge in [0.1, 0.15) is 17.9 Å². The van der Waals surface area contributed by atoms with E-state index in [9.17, 15) is 13.2 Å². The van der Waals surface area contributed by atoms with Crippen LogP contribution in [-0.4, -0.2) is 52.8 Å². The summed E-state index contributed by atoms with van der Waals surface area (Å²) in [6.07, 6.45) is 1.86. The summed E-state index contributed by atoms with van der Waals surface area (Å²) in [7, 11) is 1.65. The molecule has 7 nitrogen and oxygen atoms in total. The third kappa shape index (κ3) is 4.52. The monoisotopic (exact) mass is 522 g/mol. The van der Waals surface area contributed by atoms with Gasteiger partial charge in [-0.1, -0.05) is 12.8 Å². The lowest BCUT2D eigenvalue weighted by molar-refractivity contribution is -0.137. The number of nitrogens with zero attached hydrogens (tertiary/aromatic N) is 6. The lowest BCUT2D eigenvalue weighted by Gasteiger charge is -2.36. The summed E-state index contributed by atoms with van der Waals surface area (Å²) in [5, 5.41) is 0. The van der Waals surface area contributed by atoms with E-state index in [1.807, 2.05) is 24.3 Å². The predicted octanol–water partition coefficient (Wildman–Crippen LogP) is 5.96. The summed E-state index contributed by atoms with van der Waals surface area (Å²) in [4.78, 5) is 18.7. The fraction of sp³-hybridized carbons (Fsp3) is 0.393. The van der Waals surface area contributed by atoms with Crippen molar-refractivity contribution >= 4 is 22.7 Å². The highest BCUT2D eigenvalue weighted by Crippen LogP contribution is 2.38. The second kappa shape index (κ2) is 9.81. The van der Waals surface area contributed by atoms with E-state index >= 15 is 0 Å². The maximum Gasteiger partial charge on any atom is 0.416 e. The molecular formula is C28H29F3N6O. The molecule has 0 radical (unpaired) electrons. The summed E-state index contributed by atoms with van der Waals surface area (Å²) in [6.45, 7) is 2.71. The van der Waals surface area contributed by atoms with Crippen molar-refractivity contribution in [1.82, 2.24) is 19.5 Å². The van der Waals surface area contributed by atoms with Gasteiger partial charge in [-0.3, -0.25) is 0 Å². The number of anilines is 2. The van der Waals surface area contributed by atoms with Gasteiger partial charge in [0.2, 0.25) is 0 Å². The number of benzene rings is 2. The normalized spacial score (nSPS) is 16.9. The second-order valence-corrected chi connectivity index (χ2v) is 9.86. The van der Waals surface area contributed by atoms with Crippen LogP contribution in [0.4, 0.5) is 24.7 Å². The molecule has 38 heavy (non-hydrogen) atoms. The molecule has 2 aliphatic rings. The van der Waals surface area contributed by atoms with Crippen LogP contribution in [0.1, 0.15) is 37.3 Å². The Labute approximate surface area is 218 Å². The zero-order valence-electron chi connectivity index (χ0n) is 21.2. The number of methoxy groups -OCH3 is 1. The molecule has 3 heterocycles. The van der Waals surface area contributed by atoms with Crippen LogP contribution in [0.15, 0.2) is 54.9 Å². The van der Waals surface area contributed by atoms with Gasteiger partial charge in [0.05, 0.1) is 12.7 Å². The number of alkyl halides is 3. The lowest BCUT2D eigenvalue weighted by Crippen LogP contribution is -2.47. The Morgan fingerprint density at radius 2 is 1.50 bits per heavy atom. The average molecular weight is 523 g/mol. The van der Waals surface area contributed by atoms with Crippen LogP contribution < -0.4 is 14.5 Å². The average Bonchev–Trinajstić information content (AvgIpc) is 3.61. The van der Waals surface area contributed by atoms with Gasteiger partial charge in [-0.2, -0.15) is 13.2 Å². The molecule has 0 amide bonds. The van der Waals surface area contributed by atoms with Gasteiger partial charge >= 0.3 is 6.18 Å². The molecule has 0 atom stereocenters. The van der Waals surface area contributed by atoms with Crippen LogP contribution >= 0.6 is 0 Å². The van der Waals surface area contributed by atoms with Crippen LogP contribution in [0.2, 0.25) is 0 Å². The molecule has 6 rings (SSSR count). The Morgan fingerprint density at radius 1 is 0.842 bits per heavy atom. The maximum absolute atomic E-state index is 13.0. The molecule has 0 spiro atoms. The molecule has 0 bridgehead atoms. The van der Waals surface area contributed by atoms with E-state index in [0.717, 1.165) is 64.8 Å². The minimum atomic E-state index is -4.33. The number of hydrogen-bond acceptors (Lipinski definition) is 6. The minimum Gasteiger partial charge on any atom is -0.497 e. The van der Waals surface area contributed by atoms with Crippen molar-refractivity contribution in [2.45, 2.75) is 37.9 Å². The fourth-order valence-electron chi connectivity index (χ4n) is 5.62. The van der Waals surface area contributed by atoms with Crippen molar-refractivity contribution in [2.75, 3.05) is 43.1 Å². The highest BCUT2D eigenvalue weighted by atomic mass is 19.4. The van der Waals surface area contributed by atoms with Crippen LogP contribution in [0.5, 0.6) is 5.75 Å².